The summed E-state index contributed by atoms with van der Waals surface area (Å²) >= 11 is 0. The van der Waals surface area contributed by atoms with E-state index in [1.54, 1.807) is 31.4 Å². The SMILES string of the molecule is COc1ccccc1Nc1ccccc1OC(=O)O. The van der Waals surface area contributed by atoms with Gasteiger partial charge >= 0.3 is 6.16 Å². The Hall–Kier alpha value is -2.69. The van der Waals surface area contributed by atoms with Crippen molar-refractivity contribution < 1.29 is 19.4 Å². The largest absolute Gasteiger partial charge is 0.511 e. The smallest absolute Gasteiger partial charge is 0.495 e. The highest BCUT2D eigenvalue weighted by molar-refractivity contribution is 5.73. The van der Waals surface area contributed by atoms with Gasteiger partial charge in [0.1, 0.15) is 5.75 Å². The van der Waals surface area contributed by atoms with Crippen molar-refractivity contribution in [2.45, 2.75) is 0 Å². The van der Waals surface area contributed by atoms with Crippen LogP contribution in [0.2, 0.25) is 0 Å². The Kier molecular flexibility index (Phi) is 3.87. The molecule has 0 aliphatic carbocycles. The van der Waals surface area contributed by atoms with Gasteiger partial charge in [-0.1, -0.05) is 24.3 Å². The fraction of sp³-hybridized carbons (Fsp3) is 0.0714. The number of anilines is 2. The fourth-order valence-corrected chi connectivity index (χ4v) is 1.65. The minimum Gasteiger partial charge on any atom is -0.495 e. The molecule has 0 aliphatic heterocycles. The summed E-state index contributed by atoms with van der Waals surface area (Å²) in [5.41, 5.74) is 1.28. The Bertz CT molecular complexity index is 583. The highest BCUT2D eigenvalue weighted by atomic mass is 16.7. The van der Waals surface area contributed by atoms with Crippen LogP contribution in [0.5, 0.6) is 11.5 Å². The van der Waals surface area contributed by atoms with E-state index in [0.717, 1.165) is 5.69 Å². The van der Waals surface area contributed by atoms with Crippen molar-refractivity contribution in [2.24, 2.45) is 0 Å². The minimum atomic E-state index is -1.35. The molecule has 0 fully saturated rings. The molecule has 0 bridgehead atoms. The lowest BCUT2D eigenvalue weighted by Crippen LogP contribution is -2.05. The van der Waals surface area contributed by atoms with Gasteiger partial charge in [0.05, 0.1) is 18.5 Å². The van der Waals surface area contributed by atoms with Crippen LogP contribution in [0.15, 0.2) is 48.5 Å². The lowest BCUT2D eigenvalue weighted by atomic mass is 10.2. The van der Waals surface area contributed by atoms with Gasteiger partial charge in [-0.3, -0.25) is 0 Å². The number of nitrogens with one attached hydrogen (secondary N) is 1. The van der Waals surface area contributed by atoms with E-state index < -0.39 is 6.16 Å². The number of methoxy groups -OCH3 is 1. The number of carboxylic acid groups (broad SMARTS) is 1. The van der Waals surface area contributed by atoms with Crippen molar-refractivity contribution in [2.75, 3.05) is 12.4 Å². The predicted octanol–water partition coefficient (Wildman–Crippen LogP) is 3.50. The first-order chi connectivity index (χ1) is 9.20. The fourth-order valence-electron chi connectivity index (χ4n) is 1.65. The van der Waals surface area contributed by atoms with Gasteiger partial charge in [-0.15, -0.1) is 0 Å². The van der Waals surface area contributed by atoms with E-state index in [1.807, 2.05) is 24.3 Å². The molecule has 0 saturated carbocycles. The van der Waals surface area contributed by atoms with E-state index in [-0.39, 0.29) is 5.75 Å². The molecule has 2 N–H and O–H groups in total. The summed E-state index contributed by atoms with van der Waals surface area (Å²) in [5.74, 6) is 0.897. The lowest BCUT2D eigenvalue weighted by Gasteiger charge is -2.13. The third-order valence-corrected chi connectivity index (χ3v) is 2.46. The monoisotopic (exact) mass is 259 g/mol. The second-order valence-corrected chi connectivity index (χ2v) is 3.69. The number of ether oxygens (including phenoxy) is 2. The molecule has 0 aliphatic rings. The molecule has 0 unspecified atom stereocenters. The maximum atomic E-state index is 10.6. The van der Waals surface area contributed by atoms with Crippen LogP contribution in [0.1, 0.15) is 0 Å². The molecular formula is C14H13NO4. The maximum Gasteiger partial charge on any atom is 0.511 e. The van der Waals surface area contributed by atoms with Gasteiger partial charge in [0, 0.05) is 0 Å². The summed E-state index contributed by atoms with van der Waals surface area (Å²) in [5, 5.41) is 11.8. The van der Waals surface area contributed by atoms with Gasteiger partial charge in [-0.2, -0.15) is 0 Å². The molecule has 0 radical (unpaired) electrons. The topological polar surface area (TPSA) is 67.8 Å². The Morgan fingerprint density at radius 2 is 1.53 bits per heavy atom. The summed E-state index contributed by atoms with van der Waals surface area (Å²) in [6.07, 6.45) is -1.35. The molecule has 0 amide bonds. The van der Waals surface area contributed by atoms with Crippen LogP contribution in [0.3, 0.4) is 0 Å². The van der Waals surface area contributed by atoms with E-state index in [1.165, 1.54) is 0 Å². The quantitative estimate of drug-likeness (QED) is 0.649. The van der Waals surface area contributed by atoms with Gasteiger partial charge in [-0.05, 0) is 24.3 Å². The molecule has 98 valence electrons. The second kappa shape index (κ2) is 5.77. The van der Waals surface area contributed by atoms with Gasteiger partial charge in [0.25, 0.3) is 0 Å². The van der Waals surface area contributed by atoms with Crippen molar-refractivity contribution in [1.29, 1.82) is 0 Å². The Balaban J connectivity index is 2.30. The van der Waals surface area contributed by atoms with Crippen LogP contribution >= 0.6 is 0 Å². The summed E-state index contributed by atoms with van der Waals surface area (Å²) < 4.78 is 9.92. The van der Waals surface area contributed by atoms with Gasteiger partial charge in [-0.25, -0.2) is 4.79 Å². The summed E-state index contributed by atoms with van der Waals surface area (Å²) in [7, 11) is 1.57. The molecule has 0 heterocycles. The first-order valence-electron chi connectivity index (χ1n) is 5.60. The number of hydrogen-bond acceptors (Lipinski definition) is 4. The third-order valence-electron chi connectivity index (χ3n) is 2.46. The summed E-state index contributed by atoms with van der Waals surface area (Å²) in [6.45, 7) is 0. The molecule has 0 aromatic heterocycles. The molecule has 2 aromatic carbocycles. The van der Waals surface area contributed by atoms with Crippen LogP contribution < -0.4 is 14.8 Å². The van der Waals surface area contributed by atoms with Crippen molar-refractivity contribution in [3.63, 3.8) is 0 Å². The molecular weight excluding hydrogens is 246 g/mol. The van der Waals surface area contributed by atoms with Crippen molar-refractivity contribution >= 4 is 17.5 Å². The predicted molar refractivity (Wildman–Crippen MR) is 71.4 cm³/mol. The van der Waals surface area contributed by atoms with Crippen molar-refractivity contribution in [1.82, 2.24) is 0 Å². The molecule has 5 nitrogen and oxygen atoms in total. The second-order valence-electron chi connectivity index (χ2n) is 3.69. The van der Waals surface area contributed by atoms with E-state index in [2.05, 4.69) is 5.32 Å². The lowest BCUT2D eigenvalue weighted by molar-refractivity contribution is 0.144. The zero-order valence-corrected chi connectivity index (χ0v) is 10.3. The number of carbonyl (C=O) groups is 1. The van der Waals surface area contributed by atoms with Crippen LogP contribution in [0.25, 0.3) is 0 Å². The average molecular weight is 259 g/mol. The molecule has 0 atom stereocenters. The van der Waals surface area contributed by atoms with Crippen LogP contribution in [-0.2, 0) is 0 Å². The number of para-hydroxylation sites is 4. The normalized spacial score (nSPS) is 9.74. The number of rotatable bonds is 4. The van der Waals surface area contributed by atoms with E-state index >= 15 is 0 Å². The Morgan fingerprint density at radius 1 is 1.00 bits per heavy atom. The molecule has 2 aromatic rings. The van der Waals surface area contributed by atoms with E-state index in [4.69, 9.17) is 14.6 Å². The highest BCUT2D eigenvalue weighted by Gasteiger charge is 2.09. The summed E-state index contributed by atoms with van der Waals surface area (Å²) in [6, 6.07) is 14.1. The van der Waals surface area contributed by atoms with Gasteiger partial charge in [0.2, 0.25) is 0 Å². The van der Waals surface area contributed by atoms with Gasteiger partial charge in [0.15, 0.2) is 5.75 Å². The van der Waals surface area contributed by atoms with Crippen LogP contribution in [-0.4, -0.2) is 18.4 Å². The third kappa shape index (κ3) is 3.16. The zero-order valence-electron chi connectivity index (χ0n) is 10.3. The Labute approximate surface area is 110 Å². The average Bonchev–Trinajstić information content (AvgIpc) is 2.41. The minimum absolute atomic E-state index is 0.237. The summed E-state index contributed by atoms with van der Waals surface area (Å²) in [4.78, 5) is 10.6. The first kappa shape index (κ1) is 12.8. The zero-order chi connectivity index (χ0) is 13.7. The Morgan fingerprint density at radius 3 is 2.11 bits per heavy atom. The van der Waals surface area contributed by atoms with Crippen molar-refractivity contribution in [3.8, 4) is 11.5 Å². The first-order valence-corrected chi connectivity index (χ1v) is 5.60. The maximum absolute atomic E-state index is 10.6. The molecule has 2 rings (SSSR count). The number of benzene rings is 2. The van der Waals surface area contributed by atoms with E-state index in [0.29, 0.717) is 11.4 Å². The molecule has 5 heteroatoms. The molecule has 0 spiro atoms. The van der Waals surface area contributed by atoms with Gasteiger partial charge < -0.3 is 19.9 Å². The van der Waals surface area contributed by atoms with E-state index in [9.17, 15) is 4.79 Å². The van der Waals surface area contributed by atoms with Crippen LogP contribution in [0.4, 0.5) is 16.2 Å². The molecule has 19 heavy (non-hydrogen) atoms. The molecule has 0 saturated heterocycles. The standard InChI is InChI=1S/C14H13NO4/c1-18-12-8-4-2-6-10(12)15-11-7-3-5-9-13(11)19-14(16)17/h2-9,15H,1H3,(H,16,17). The number of hydrogen-bond donors (Lipinski definition) is 2. The highest BCUT2D eigenvalue weighted by Crippen LogP contribution is 2.32. The van der Waals surface area contributed by atoms with Crippen molar-refractivity contribution in [3.05, 3.63) is 48.5 Å². The van der Waals surface area contributed by atoms with Crippen LogP contribution in [0, 0.1) is 0 Å².